The molecule has 0 saturated carbocycles. The third-order valence-electron chi connectivity index (χ3n) is 3.37. The molecular weight excluding hydrogens is 431 g/mol. The Morgan fingerprint density at radius 1 is 0.926 bits per heavy atom. The fourth-order valence-corrected chi connectivity index (χ4v) is 2.50. The summed E-state index contributed by atoms with van der Waals surface area (Å²) in [5.41, 5.74) is -0.597. The molecule has 0 saturated heterocycles. The van der Waals surface area contributed by atoms with Gasteiger partial charge in [-0.1, -0.05) is 15.9 Å². The molecule has 0 amide bonds. The Balaban J connectivity index is 1.99. The molecule has 7 nitrogen and oxygen atoms in total. The molecule has 0 bridgehead atoms. The number of hydrogen-bond donors (Lipinski definition) is 2. The summed E-state index contributed by atoms with van der Waals surface area (Å²) in [5, 5.41) is 16.6. The van der Waals surface area contributed by atoms with Crippen LogP contribution in [0, 0.1) is 27.6 Å². The predicted molar refractivity (Wildman–Crippen MR) is 95.7 cm³/mol. The van der Waals surface area contributed by atoms with Gasteiger partial charge >= 0.3 is 5.69 Å². The van der Waals surface area contributed by atoms with Gasteiger partial charge in [0.1, 0.15) is 12.1 Å². The third kappa shape index (κ3) is 4.14. The van der Waals surface area contributed by atoms with Crippen LogP contribution < -0.4 is 10.6 Å². The number of hydrogen-bond acceptors (Lipinski definition) is 6. The number of nitrogens with zero attached hydrogens (tertiary/aromatic N) is 3. The lowest BCUT2D eigenvalue weighted by atomic mass is 10.3. The number of nitrogens with one attached hydrogen (secondary N) is 2. The maximum absolute atomic E-state index is 14.0. The van der Waals surface area contributed by atoms with Crippen molar-refractivity contribution in [2.75, 3.05) is 10.6 Å². The fraction of sp³-hybridized carbons (Fsp3) is 0. The van der Waals surface area contributed by atoms with Gasteiger partial charge in [0, 0.05) is 16.2 Å². The lowest BCUT2D eigenvalue weighted by Gasteiger charge is -2.11. The van der Waals surface area contributed by atoms with E-state index in [0.29, 0.717) is 4.47 Å². The van der Waals surface area contributed by atoms with E-state index in [1.807, 2.05) is 0 Å². The van der Waals surface area contributed by atoms with Crippen LogP contribution in [-0.4, -0.2) is 14.9 Å². The summed E-state index contributed by atoms with van der Waals surface area (Å²) >= 11 is 3.11. The van der Waals surface area contributed by atoms with Gasteiger partial charge in [-0.3, -0.25) is 10.1 Å². The molecule has 0 atom stereocenters. The Hall–Kier alpha value is -3.21. The second kappa shape index (κ2) is 7.58. The van der Waals surface area contributed by atoms with E-state index < -0.39 is 28.1 Å². The molecule has 1 aromatic heterocycles. The van der Waals surface area contributed by atoms with Crippen molar-refractivity contribution in [3.05, 3.63) is 74.8 Å². The molecule has 3 aromatic rings. The molecule has 0 spiro atoms. The number of benzene rings is 2. The first-order chi connectivity index (χ1) is 12.8. The van der Waals surface area contributed by atoms with E-state index in [1.165, 1.54) is 18.2 Å². The van der Waals surface area contributed by atoms with Crippen molar-refractivity contribution in [3.8, 4) is 0 Å². The molecule has 138 valence electrons. The molecule has 0 fully saturated rings. The lowest BCUT2D eigenvalue weighted by Crippen LogP contribution is -2.06. The minimum Gasteiger partial charge on any atom is -0.334 e. The molecule has 11 heteroatoms. The Bertz CT molecular complexity index is 1030. The highest BCUT2D eigenvalue weighted by Crippen LogP contribution is 2.34. The predicted octanol–water partition coefficient (Wildman–Crippen LogP) is 5.05. The first kappa shape index (κ1) is 18.6. The fourth-order valence-electron chi connectivity index (χ4n) is 2.16. The highest BCUT2D eigenvalue weighted by atomic mass is 79.9. The van der Waals surface area contributed by atoms with Gasteiger partial charge in [-0.2, -0.15) is 0 Å². The first-order valence-corrected chi connectivity index (χ1v) is 8.08. The van der Waals surface area contributed by atoms with Crippen molar-refractivity contribution in [3.63, 3.8) is 0 Å². The standard InChI is InChI=1S/C16H9BrF3N5O2/c17-8-1-4-13(12(20)5-8)24-16-14(25(26)27)15(21-7-22-16)23-9-2-3-10(18)11(19)6-9/h1-7H,(H2,21,22,23,24). The van der Waals surface area contributed by atoms with Crippen molar-refractivity contribution in [2.24, 2.45) is 0 Å². The zero-order chi connectivity index (χ0) is 19.6. The summed E-state index contributed by atoms with van der Waals surface area (Å²) < 4.78 is 40.9. The monoisotopic (exact) mass is 439 g/mol. The highest BCUT2D eigenvalue weighted by Gasteiger charge is 2.24. The quantitative estimate of drug-likeness (QED) is 0.426. The number of rotatable bonds is 5. The number of nitro groups is 1. The minimum absolute atomic E-state index is 0.0384. The summed E-state index contributed by atoms with van der Waals surface area (Å²) in [6.45, 7) is 0. The van der Waals surface area contributed by atoms with E-state index in [-0.39, 0.29) is 23.0 Å². The second-order valence-corrected chi connectivity index (χ2v) is 6.10. The van der Waals surface area contributed by atoms with Crippen molar-refractivity contribution < 1.29 is 18.1 Å². The number of halogens is 4. The van der Waals surface area contributed by atoms with Crippen molar-refractivity contribution in [2.45, 2.75) is 0 Å². The Labute approximate surface area is 158 Å². The largest absolute Gasteiger partial charge is 0.353 e. The van der Waals surface area contributed by atoms with Crippen molar-refractivity contribution >= 4 is 44.6 Å². The van der Waals surface area contributed by atoms with Crippen LogP contribution in [0.5, 0.6) is 0 Å². The highest BCUT2D eigenvalue weighted by molar-refractivity contribution is 9.10. The van der Waals surface area contributed by atoms with E-state index in [2.05, 4.69) is 36.5 Å². The van der Waals surface area contributed by atoms with Crippen LogP contribution in [0.15, 0.2) is 47.2 Å². The smallest absolute Gasteiger partial charge is 0.334 e. The van der Waals surface area contributed by atoms with Crippen LogP contribution in [0.3, 0.4) is 0 Å². The van der Waals surface area contributed by atoms with E-state index in [4.69, 9.17) is 0 Å². The van der Waals surface area contributed by atoms with E-state index in [0.717, 1.165) is 18.5 Å². The zero-order valence-corrected chi connectivity index (χ0v) is 14.8. The third-order valence-corrected chi connectivity index (χ3v) is 3.86. The lowest BCUT2D eigenvalue weighted by molar-refractivity contribution is -0.383. The van der Waals surface area contributed by atoms with Crippen molar-refractivity contribution in [1.82, 2.24) is 9.97 Å². The van der Waals surface area contributed by atoms with Crippen LogP contribution in [0.2, 0.25) is 0 Å². The molecule has 2 N–H and O–H groups in total. The molecule has 1 heterocycles. The summed E-state index contributed by atoms with van der Waals surface area (Å²) in [4.78, 5) is 18.3. The van der Waals surface area contributed by atoms with Gasteiger partial charge in [-0.05, 0) is 30.3 Å². The van der Waals surface area contributed by atoms with E-state index >= 15 is 0 Å². The molecule has 0 radical (unpaired) electrons. The summed E-state index contributed by atoms with van der Waals surface area (Å²) in [6.07, 6.45) is 1.01. The topological polar surface area (TPSA) is 93.0 Å². The maximum atomic E-state index is 14.0. The van der Waals surface area contributed by atoms with Gasteiger partial charge in [-0.25, -0.2) is 23.1 Å². The molecule has 0 aliphatic heterocycles. The van der Waals surface area contributed by atoms with Crippen LogP contribution in [0.4, 0.5) is 41.9 Å². The Morgan fingerprint density at radius 3 is 2.26 bits per heavy atom. The van der Waals surface area contributed by atoms with Gasteiger partial charge < -0.3 is 10.6 Å². The molecule has 2 aromatic carbocycles. The number of anilines is 4. The average Bonchev–Trinajstić information content (AvgIpc) is 2.60. The maximum Gasteiger partial charge on any atom is 0.353 e. The molecule has 0 aliphatic carbocycles. The van der Waals surface area contributed by atoms with Gasteiger partial charge in [-0.15, -0.1) is 0 Å². The normalized spacial score (nSPS) is 10.5. The molecule has 0 unspecified atom stereocenters. The van der Waals surface area contributed by atoms with Crippen LogP contribution in [0.25, 0.3) is 0 Å². The van der Waals surface area contributed by atoms with Gasteiger partial charge in [0.05, 0.1) is 10.6 Å². The Morgan fingerprint density at radius 2 is 1.63 bits per heavy atom. The molecule has 0 aliphatic rings. The van der Waals surface area contributed by atoms with E-state index in [1.54, 1.807) is 6.07 Å². The molecule has 27 heavy (non-hydrogen) atoms. The van der Waals surface area contributed by atoms with Gasteiger partial charge in [0.2, 0.25) is 11.6 Å². The van der Waals surface area contributed by atoms with Crippen LogP contribution in [-0.2, 0) is 0 Å². The average molecular weight is 440 g/mol. The Kier molecular flexibility index (Phi) is 5.21. The first-order valence-electron chi connectivity index (χ1n) is 7.28. The van der Waals surface area contributed by atoms with E-state index in [9.17, 15) is 23.3 Å². The van der Waals surface area contributed by atoms with Gasteiger partial charge in [0.15, 0.2) is 11.6 Å². The van der Waals surface area contributed by atoms with Gasteiger partial charge in [0.25, 0.3) is 0 Å². The summed E-state index contributed by atoms with van der Waals surface area (Å²) in [6, 6.07) is 6.96. The summed E-state index contributed by atoms with van der Waals surface area (Å²) in [5.74, 6) is -3.41. The number of aromatic nitrogens is 2. The summed E-state index contributed by atoms with van der Waals surface area (Å²) in [7, 11) is 0. The van der Waals surface area contributed by atoms with Crippen LogP contribution in [0.1, 0.15) is 0 Å². The molecule has 3 rings (SSSR count). The van der Waals surface area contributed by atoms with Crippen LogP contribution >= 0.6 is 15.9 Å². The molecular formula is C16H9BrF3N5O2. The minimum atomic E-state index is -1.13. The van der Waals surface area contributed by atoms with Crippen molar-refractivity contribution in [1.29, 1.82) is 0 Å². The zero-order valence-electron chi connectivity index (χ0n) is 13.2. The second-order valence-electron chi connectivity index (χ2n) is 5.18. The SMILES string of the molecule is O=[N+]([O-])c1c(Nc2ccc(F)c(F)c2)ncnc1Nc1ccc(Br)cc1F.